The van der Waals surface area contributed by atoms with Crippen LogP contribution >= 0.6 is 0 Å². The van der Waals surface area contributed by atoms with Crippen molar-refractivity contribution in [3.63, 3.8) is 0 Å². The van der Waals surface area contributed by atoms with Crippen LogP contribution in [0.15, 0.2) is 30.6 Å². The lowest BCUT2D eigenvalue weighted by molar-refractivity contribution is 0.0928. The number of hydrogen-bond acceptors (Lipinski definition) is 4. The predicted molar refractivity (Wildman–Crippen MR) is 90.6 cm³/mol. The number of nitrogens with zero attached hydrogens (tertiary/aromatic N) is 2. The van der Waals surface area contributed by atoms with Gasteiger partial charge in [-0.25, -0.2) is 18.7 Å². The molecule has 0 unspecified atom stereocenters. The lowest BCUT2D eigenvalue weighted by atomic mass is 10.1. The van der Waals surface area contributed by atoms with Gasteiger partial charge in [-0.15, -0.1) is 0 Å². The van der Waals surface area contributed by atoms with Crippen LogP contribution in [-0.2, 0) is 0 Å². The smallest absolute Gasteiger partial charge is 0.271 e. The van der Waals surface area contributed by atoms with Gasteiger partial charge in [0.2, 0.25) is 0 Å². The average molecular weight is 346 g/mol. The van der Waals surface area contributed by atoms with Gasteiger partial charge in [0, 0.05) is 12.1 Å². The molecule has 2 N–H and O–H groups in total. The Morgan fingerprint density at radius 3 is 2.44 bits per heavy atom. The molecule has 1 amide bonds. The largest absolute Gasteiger partial charge is 0.348 e. The number of carbonyl (C=O) groups is 1. The fraction of sp³-hybridized carbons (Fsp3) is 0.389. The Labute approximate surface area is 144 Å². The summed E-state index contributed by atoms with van der Waals surface area (Å²) in [4.78, 5) is 20.4. The maximum Gasteiger partial charge on any atom is 0.271 e. The van der Waals surface area contributed by atoms with E-state index in [4.69, 9.17) is 0 Å². The van der Waals surface area contributed by atoms with Gasteiger partial charge in [-0.1, -0.05) is 25.7 Å². The molecule has 1 fully saturated rings. The van der Waals surface area contributed by atoms with Gasteiger partial charge in [0.25, 0.3) is 5.91 Å². The van der Waals surface area contributed by atoms with E-state index in [0.29, 0.717) is 0 Å². The first-order valence-electron chi connectivity index (χ1n) is 8.47. The molecule has 0 spiro atoms. The van der Waals surface area contributed by atoms with Crippen LogP contribution in [0.1, 0.15) is 49.0 Å². The maximum absolute atomic E-state index is 13.6. The Morgan fingerprint density at radius 2 is 1.80 bits per heavy atom. The van der Waals surface area contributed by atoms with Crippen molar-refractivity contribution < 1.29 is 13.6 Å². The number of carbonyl (C=O) groups excluding carboxylic acids is 1. The summed E-state index contributed by atoms with van der Waals surface area (Å²) in [7, 11) is 0. The third kappa shape index (κ3) is 4.71. The third-order valence-corrected chi connectivity index (χ3v) is 4.27. The molecule has 1 aromatic heterocycles. The minimum atomic E-state index is -0.725. The topological polar surface area (TPSA) is 66.9 Å². The van der Waals surface area contributed by atoms with E-state index in [9.17, 15) is 13.6 Å². The van der Waals surface area contributed by atoms with Crippen LogP contribution in [0.4, 0.5) is 20.3 Å². The van der Waals surface area contributed by atoms with Crippen molar-refractivity contribution in [3.8, 4) is 0 Å². The van der Waals surface area contributed by atoms with Crippen LogP contribution < -0.4 is 10.6 Å². The van der Waals surface area contributed by atoms with Gasteiger partial charge in [0.1, 0.15) is 23.1 Å². The van der Waals surface area contributed by atoms with E-state index in [0.717, 1.165) is 37.8 Å². The molecule has 0 aliphatic heterocycles. The first-order chi connectivity index (χ1) is 12.1. The molecule has 2 aromatic rings. The van der Waals surface area contributed by atoms with Crippen LogP contribution in [-0.4, -0.2) is 21.9 Å². The molecule has 25 heavy (non-hydrogen) atoms. The molecule has 1 aliphatic rings. The number of rotatable bonds is 4. The van der Waals surface area contributed by atoms with E-state index in [1.807, 2.05) is 0 Å². The maximum atomic E-state index is 13.6. The van der Waals surface area contributed by atoms with E-state index >= 15 is 0 Å². The number of benzene rings is 1. The first-order valence-corrected chi connectivity index (χ1v) is 8.47. The Morgan fingerprint density at radius 1 is 1.04 bits per heavy atom. The molecule has 132 valence electrons. The van der Waals surface area contributed by atoms with E-state index in [1.54, 1.807) is 0 Å². The van der Waals surface area contributed by atoms with Crippen LogP contribution in [0.25, 0.3) is 0 Å². The SMILES string of the molecule is O=C(NC1CCCCCC1)c1cnc(Nc2ccc(F)cc2F)cn1. The monoisotopic (exact) mass is 346 g/mol. The molecule has 1 saturated carbocycles. The summed E-state index contributed by atoms with van der Waals surface area (Å²) in [5.41, 5.74) is 0.306. The van der Waals surface area contributed by atoms with Crippen molar-refractivity contribution in [1.82, 2.24) is 15.3 Å². The average Bonchev–Trinajstić information content (AvgIpc) is 2.87. The van der Waals surface area contributed by atoms with E-state index in [2.05, 4.69) is 20.6 Å². The van der Waals surface area contributed by atoms with Gasteiger partial charge in [-0.2, -0.15) is 0 Å². The Kier molecular flexibility index (Phi) is 5.53. The van der Waals surface area contributed by atoms with Crippen molar-refractivity contribution in [2.75, 3.05) is 5.32 Å². The van der Waals surface area contributed by atoms with E-state index in [1.165, 1.54) is 31.3 Å². The van der Waals surface area contributed by atoms with Crippen molar-refractivity contribution in [3.05, 3.63) is 47.9 Å². The van der Waals surface area contributed by atoms with Crippen molar-refractivity contribution in [2.45, 2.75) is 44.6 Å². The third-order valence-electron chi connectivity index (χ3n) is 4.27. The van der Waals surface area contributed by atoms with Gasteiger partial charge < -0.3 is 10.6 Å². The lowest BCUT2D eigenvalue weighted by Crippen LogP contribution is -2.34. The molecular weight excluding hydrogens is 326 g/mol. The summed E-state index contributed by atoms with van der Waals surface area (Å²) >= 11 is 0. The molecule has 5 nitrogen and oxygen atoms in total. The molecule has 1 aliphatic carbocycles. The summed E-state index contributed by atoms with van der Waals surface area (Å²) in [6.45, 7) is 0. The molecule has 0 radical (unpaired) electrons. The number of anilines is 2. The highest BCUT2D eigenvalue weighted by Crippen LogP contribution is 2.19. The summed E-state index contributed by atoms with van der Waals surface area (Å²) < 4.78 is 26.5. The predicted octanol–water partition coefficient (Wildman–Crippen LogP) is 3.95. The molecule has 1 heterocycles. The molecular formula is C18H20F2N4O. The normalized spacial score (nSPS) is 15.4. The summed E-state index contributed by atoms with van der Waals surface area (Å²) in [5, 5.41) is 5.70. The van der Waals surface area contributed by atoms with Crippen molar-refractivity contribution >= 4 is 17.4 Å². The fourth-order valence-corrected chi connectivity index (χ4v) is 2.92. The zero-order valence-electron chi connectivity index (χ0n) is 13.8. The molecule has 1 aromatic carbocycles. The highest BCUT2D eigenvalue weighted by atomic mass is 19.1. The summed E-state index contributed by atoms with van der Waals surface area (Å²) in [5.74, 6) is -1.35. The number of aromatic nitrogens is 2. The van der Waals surface area contributed by atoms with Crippen LogP contribution in [0, 0.1) is 11.6 Å². The second-order valence-electron chi connectivity index (χ2n) is 6.20. The summed E-state index contributed by atoms with van der Waals surface area (Å²) in [6.07, 6.45) is 9.36. The van der Waals surface area contributed by atoms with Crippen LogP contribution in [0.3, 0.4) is 0 Å². The molecule has 7 heteroatoms. The highest BCUT2D eigenvalue weighted by Gasteiger charge is 2.17. The van der Waals surface area contributed by atoms with Gasteiger partial charge in [-0.3, -0.25) is 4.79 Å². The van der Waals surface area contributed by atoms with Crippen molar-refractivity contribution in [2.24, 2.45) is 0 Å². The Bertz CT molecular complexity index is 728. The second-order valence-corrected chi connectivity index (χ2v) is 6.20. The molecule has 0 atom stereocenters. The van der Waals surface area contributed by atoms with Crippen molar-refractivity contribution in [1.29, 1.82) is 0 Å². The Balaban J connectivity index is 1.62. The fourth-order valence-electron chi connectivity index (χ4n) is 2.92. The van der Waals surface area contributed by atoms with E-state index < -0.39 is 11.6 Å². The number of amides is 1. The van der Waals surface area contributed by atoms with Crippen LogP contribution in [0.5, 0.6) is 0 Å². The number of nitrogens with one attached hydrogen (secondary N) is 2. The Hall–Kier alpha value is -2.57. The standard InChI is InChI=1S/C18H20F2N4O/c19-12-7-8-15(14(20)9-12)24-17-11-21-16(10-22-17)18(25)23-13-5-3-1-2-4-6-13/h7-11,13H,1-6H2,(H,22,24)(H,23,25). The second kappa shape index (κ2) is 8.00. The van der Waals surface area contributed by atoms with Gasteiger partial charge in [-0.05, 0) is 25.0 Å². The molecule has 0 saturated heterocycles. The van der Waals surface area contributed by atoms with E-state index in [-0.39, 0.29) is 29.1 Å². The zero-order valence-corrected chi connectivity index (χ0v) is 13.8. The molecule has 3 rings (SSSR count). The van der Waals surface area contributed by atoms with Gasteiger partial charge in [0.05, 0.1) is 18.1 Å². The number of halogens is 2. The quantitative estimate of drug-likeness (QED) is 0.823. The minimum Gasteiger partial charge on any atom is -0.348 e. The highest BCUT2D eigenvalue weighted by molar-refractivity contribution is 5.92. The molecule has 0 bridgehead atoms. The van der Waals surface area contributed by atoms with Crippen LogP contribution in [0.2, 0.25) is 0 Å². The van der Waals surface area contributed by atoms with Gasteiger partial charge in [0.15, 0.2) is 0 Å². The lowest BCUT2D eigenvalue weighted by Gasteiger charge is -2.15. The van der Waals surface area contributed by atoms with Gasteiger partial charge >= 0.3 is 0 Å². The summed E-state index contributed by atoms with van der Waals surface area (Å²) in [6, 6.07) is 3.39. The minimum absolute atomic E-state index is 0.0892. The first kappa shape index (κ1) is 17.3. The zero-order chi connectivity index (χ0) is 17.6. The number of hydrogen-bond donors (Lipinski definition) is 2.